The summed E-state index contributed by atoms with van der Waals surface area (Å²) in [5, 5.41) is 8.46. The molecule has 0 aromatic heterocycles. The lowest BCUT2D eigenvalue weighted by molar-refractivity contribution is -0.137. The molecule has 0 saturated carbocycles. The molecule has 0 radical (unpaired) electrons. The number of hydrogen-bond donors (Lipinski definition) is 3. The molecule has 2 aromatic carbocycles. The molecule has 29 heavy (non-hydrogen) atoms. The normalized spacial score (nSPS) is 10.3. The molecule has 0 unspecified atom stereocenters. The molecule has 150 valence electrons. The van der Waals surface area contributed by atoms with Crippen LogP contribution in [0.1, 0.15) is 17.3 Å². The molecule has 2 amide bonds. The molecule has 0 saturated heterocycles. The fourth-order valence-corrected chi connectivity index (χ4v) is 2.57. The highest BCUT2D eigenvalue weighted by atomic mass is 35.5. The highest BCUT2D eigenvalue weighted by molar-refractivity contribution is 7.80. The number of halogens is 1. The molecule has 0 aliphatic heterocycles. The lowest BCUT2D eigenvalue weighted by Crippen LogP contribution is -2.33. The summed E-state index contributed by atoms with van der Waals surface area (Å²) in [6.45, 7) is 1.88. The van der Waals surface area contributed by atoms with E-state index in [0.29, 0.717) is 22.0 Å². The molecular weight excluding hydrogens is 414 g/mol. The van der Waals surface area contributed by atoms with Crippen LogP contribution in [-0.2, 0) is 14.3 Å². The summed E-state index contributed by atoms with van der Waals surface area (Å²) in [5.74, 6) is -1.55. The number of ether oxygens (including phenoxy) is 1. The lowest BCUT2D eigenvalue weighted by atomic mass is 10.2. The smallest absolute Gasteiger partial charge is 0.330 e. The zero-order chi connectivity index (χ0) is 21.2. The summed E-state index contributed by atoms with van der Waals surface area (Å²) < 4.78 is 4.68. The molecule has 0 fully saturated rings. The van der Waals surface area contributed by atoms with E-state index in [1.54, 1.807) is 55.5 Å². The number of carbonyl (C=O) groups excluding carboxylic acids is 3. The van der Waals surface area contributed by atoms with Crippen molar-refractivity contribution in [2.45, 2.75) is 6.92 Å². The van der Waals surface area contributed by atoms with E-state index in [1.807, 2.05) is 0 Å². The molecule has 0 heterocycles. The maximum absolute atomic E-state index is 12.4. The quantitative estimate of drug-likeness (QED) is 0.368. The van der Waals surface area contributed by atoms with Gasteiger partial charge in [-0.1, -0.05) is 23.7 Å². The van der Waals surface area contributed by atoms with Crippen LogP contribution in [0.25, 0.3) is 0 Å². The second-order valence-corrected chi connectivity index (χ2v) is 6.42. The van der Waals surface area contributed by atoms with Crippen LogP contribution in [0.3, 0.4) is 0 Å². The maximum Gasteiger partial charge on any atom is 0.330 e. The summed E-state index contributed by atoms with van der Waals surface area (Å²) in [6.07, 6.45) is 2.02. The molecule has 9 heteroatoms. The highest BCUT2D eigenvalue weighted by Gasteiger charge is 2.09. The van der Waals surface area contributed by atoms with Crippen LogP contribution < -0.4 is 16.0 Å². The van der Waals surface area contributed by atoms with Crippen LogP contribution in [0.4, 0.5) is 11.4 Å². The topological polar surface area (TPSA) is 96.5 Å². The number of carbonyl (C=O) groups is 3. The van der Waals surface area contributed by atoms with E-state index < -0.39 is 11.9 Å². The summed E-state index contributed by atoms with van der Waals surface area (Å²) in [6, 6.07) is 13.4. The predicted molar refractivity (Wildman–Crippen MR) is 116 cm³/mol. The van der Waals surface area contributed by atoms with Crippen molar-refractivity contribution in [3.05, 3.63) is 71.3 Å². The van der Waals surface area contributed by atoms with Gasteiger partial charge in [0.05, 0.1) is 6.61 Å². The minimum Gasteiger partial charge on any atom is -0.463 e. The Morgan fingerprint density at radius 3 is 2.41 bits per heavy atom. The molecule has 7 nitrogen and oxygen atoms in total. The van der Waals surface area contributed by atoms with Crippen LogP contribution in [0.15, 0.2) is 60.7 Å². The van der Waals surface area contributed by atoms with Crippen molar-refractivity contribution in [2.24, 2.45) is 0 Å². The van der Waals surface area contributed by atoms with Gasteiger partial charge < -0.3 is 15.4 Å². The Morgan fingerprint density at radius 2 is 1.72 bits per heavy atom. The third-order valence-electron chi connectivity index (χ3n) is 3.36. The minimum atomic E-state index is -0.625. The van der Waals surface area contributed by atoms with Gasteiger partial charge in [-0.15, -0.1) is 0 Å². The standard InChI is InChI=1S/C20H18ClN3O4S/c1-2-28-18(26)10-9-17(25)24-20(29)23-15-7-3-5-13(11-15)19(27)22-16-8-4-6-14(21)12-16/h3-12H,2H2,1H3,(H,22,27)(H2,23,24,25,29)/b10-9+. The van der Waals surface area contributed by atoms with Crippen LogP contribution in [0.5, 0.6) is 0 Å². The first kappa shape index (κ1) is 22.1. The Morgan fingerprint density at radius 1 is 1.03 bits per heavy atom. The number of rotatable bonds is 6. The fraction of sp³-hybridized carbons (Fsp3) is 0.100. The average Bonchev–Trinajstić information content (AvgIpc) is 2.67. The third-order valence-corrected chi connectivity index (χ3v) is 3.80. The molecule has 0 aliphatic carbocycles. The largest absolute Gasteiger partial charge is 0.463 e. The van der Waals surface area contributed by atoms with Crippen LogP contribution in [0.2, 0.25) is 5.02 Å². The van der Waals surface area contributed by atoms with Gasteiger partial charge in [-0.05, 0) is 55.5 Å². The molecule has 3 N–H and O–H groups in total. The van der Waals surface area contributed by atoms with Crippen LogP contribution in [0, 0.1) is 0 Å². The Balaban J connectivity index is 1.95. The third kappa shape index (κ3) is 7.73. The average molecular weight is 432 g/mol. The van der Waals surface area contributed by atoms with Gasteiger partial charge in [0.15, 0.2) is 5.11 Å². The van der Waals surface area contributed by atoms with Crippen molar-refractivity contribution in [1.29, 1.82) is 0 Å². The van der Waals surface area contributed by atoms with E-state index >= 15 is 0 Å². The van der Waals surface area contributed by atoms with Gasteiger partial charge in [0.25, 0.3) is 5.91 Å². The molecule has 0 spiro atoms. The van der Waals surface area contributed by atoms with Crippen molar-refractivity contribution < 1.29 is 19.1 Å². The fourth-order valence-electron chi connectivity index (χ4n) is 2.16. The van der Waals surface area contributed by atoms with Gasteiger partial charge >= 0.3 is 5.97 Å². The zero-order valence-electron chi connectivity index (χ0n) is 15.4. The van der Waals surface area contributed by atoms with E-state index in [0.717, 1.165) is 12.2 Å². The van der Waals surface area contributed by atoms with Crippen LogP contribution in [-0.4, -0.2) is 29.5 Å². The number of nitrogens with one attached hydrogen (secondary N) is 3. The van der Waals surface area contributed by atoms with Crippen molar-refractivity contribution in [3.63, 3.8) is 0 Å². The van der Waals surface area contributed by atoms with Crippen molar-refractivity contribution in [2.75, 3.05) is 17.2 Å². The number of thiocarbonyl (C=S) groups is 1. The first-order valence-electron chi connectivity index (χ1n) is 8.51. The Bertz CT molecular complexity index is 962. The molecule has 2 aromatic rings. The Kier molecular flexibility index (Phi) is 8.32. The molecule has 0 aliphatic rings. The Hall–Kier alpha value is -3.23. The van der Waals surface area contributed by atoms with Gasteiger partial charge in [0.1, 0.15) is 0 Å². The first-order chi connectivity index (χ1) is 13.9. The Labute approximate surface area is 178 Å². The van der Waals surface area contributed by atoms with Gasteiger partial charge in [0.2, 0.25) is 5.91 Å². The summed E-state index contributed by atoms with van der Waals surface area (Å²) in [7, 11) is 0. The molecular formula is C20H18ClN3O4S. The van der Waals surface area contributed by atoms with Crippen LogP contribution >= 0.6 is 23.8 Å². The molecule has 0 bridgehead atoms. The second kappa shape index (κ2) is 10.9. The minimum absolute atomic E-state index is 0.0101. The summed E-state index contributed by atoms with van der Waals surface area (Å²) >= 11 is 11.0. The molecule has 0 atom stereocenters. The van der Waals surface area contributed by atoms with Gasteiger partial charge in [-0.3, -0.25) is 14.9 Å². The van der Waals surface area contributed by atoms with E-state index in [1.165, 1.54) is 0 Å². The SMILES string of the molecule is CCOC(=O)/C=C/C(=O)NC(=S)Nc1cccc(C(=O)Nc2cccc(Cl)c2)c1. The van der Waals surface area contributed by atoms with Gasteiger partial charge in [-0.25, -0.2) is 4.79 Å². The number of esters is 1. The van der Waals surface area contributed by atoms with E-state index in [9.17, 15) is 14.4 Å². The number of anilines is 2. The summed E-state index contributed by atoms with van der Waals surface area (Å²) in [4.78, 5) is 35.3. The van der Waals surface area contributed by atoms with E-state index in [-0.39, 0.29) is 17.6 Å². The van der Waals surface area contributed by atoms with Gasteiger partial charge in [-0.2, -0.15) is 0 Å². The maximum atomic E-state index is 12.4. The number of amides is 2. The predicted octanol–water partition coefficient (Wildman–Crippen LogP) is 3.52. The second-order valence-electron chi connectivity index (χ2n) is 5.57. The lowest BCUT2D eigenvalue weighted by Gasteiger charge is -2.10. The zero-order valence-corrected chi connectivity index (χ0v) is 17.0. The first-order valence-corrected chi connectivity index (χ1v) is 9.30. The van der Waals surface area contributed by atoms with Crippen molar-refractivity contribution >= 4 is 58.1 Å². The summed E-state index contributed by atoms with van der Waals surface area (Å²) in [5.41, 5.74) is 1.45. The van der Waals surface area contributed by atoms with E-state index in [2.05, 4.69) is 20.7 Å². The highest BCUT2D eigenvalue weighted by Crippen LogP contribution is 2.17. The molecule has 2 rings (SSSR count). The van der Waals surface area contributed by atoms with E-state index in [4.69, 9.17) is 23.8 Å². The monoisotopic (exact) mass is 431 g/mol. The van der Waals surface area contributed by atoms with Crippen molar-refractivity contribution in [1.82, 2.24) is 5.32 Å². The van der Waals surface area contributed by atoms with Crippen molar-refractivity contribution in [3.8, 4) is 0 Å². The van der Waals surface area contributed by atoms with Gasteiger partial charge in [0, 0.05) is 34.1 Å². The number of benzene rings is 2. The number of hydrogen-bond acceptors (Lipinski definition) is 5.